The van der Waals surface area contributed by atoms with E-state index in [1.807, 2.05) is 42.5 Å². The molecule has 0 amide bonds. The van der Waals surface area contributed by atoms with Crippen molar-refractivity contribution in [3.63, 3.8) is 0 Å². The van der Waals surface area contributed by atoms with Gasteiger partial charge in [-0.1, -0.05) is 52.3 Å². The van der Waals surface area contributed by atoms with Gasteiger partial charge in [-0.3, -0.25) is 0 Å². The maximum absolute atomic E-state index is 4.24. The van der Waals surface area contributed by atoms with Crippen LogP contribution in [-0.4, -0.2) is 10.2 Å². The quantitative estimate of drug-likeness (QED) is 0.673. The molecular formula is C14H9BrN2. The summed E-state index contributed by atoms with van der Waals surface area (Å²) in [5, 5.41) is 10.5. The van der Waals surface area contributed by atoms with Gasteiger partial charge in [0.05, 0.1) is 6.20 Å². The smallest absolute Gasteiger partial charge is 0.101 e. The SMILES string of the molecule is Brc1ccc(-c2nncc3ccccc23)cc1. The lowest BCUT2D eigenvalue weighted by Gasteiger charge is -2.04. The van der Waals surface area contributed by atoms with E-state index in [9.17, 15) is 0 Å². The third-order valence-corrected chi connectivity index (χ3v) is 3.22. The Morgan fingerprint density at radius 2 is 1.65 bits per heavy atom. The Morgan fingerprint density at radius 1 is 0.882 bits per heavy atom. The molecule has 17 heavy (non-hydrogen) atoms. The summed E-state index contributed by atoms with van der Waals surface area (Å²) >= 11 is 3.43. The molecule has 0 N–H and O–H groups in total. The number of fused-ring (bicyclic) bond motifs is 1. The predicted octanol–water partition coefficient (Wildman–Crippen LogP) is 4.06. The van der Waals surface area contributed by atoms with Crippen LogP contribution in [0.5, 0.6) is 0 Å². The van der Waals surface area contributed by atoms with Crippen molar-refractivity contribution in [1.29, 1.82) is 0 Å². The van der Waals surface area contributed by atoms with Crippen LogP contribution in [0.25, 0.3) is 22.0 Å². The average molecular weight is 285 g/mol. The maximum atomic E-state index is 4.24. The van der Waals surface area contributed by atoms with Crippen molar-refractivity contribution in [1.82, 2.24) is 10.2 Å². The van der Waals surface area contributed by atoms with Crippen molar-refractivity contribution in [2.24, 2.45) is 0 Å². The Hall–Kier alpha value is -1.74. The minimum Gasteiger partial charge on any atom is -0.158 e. The van der Waals surface area contributed by atoms with Gasteiger partial charge in [0.2, 0.25) is 0 Å². The Morgan fingerprint density at radius 3 is 2.47 bits per heavy atom. The van der Waals surface area contributed by atoms with Crippen LogP contribution in [0.2, 0.25) is 0 Å². The van der Waals surface area contributed by atoms with Crippen LogP contribution in [0.1, 0.15) is 0 Å². The molecule has 0 aliphatic rings. The predicted molar refractivity (Wildman–Crippen MR) is 72.7 cm³/mol. The molecule has 0 aliphatic carbocycles. The van der Waals surface area contributed by atoms with Crippen LogP contribution < -0.4 is 0 Å². The first kappa shape index (κ1) is 10.4. The van der Waals surface area contributed by atoms with E-state index in [-0.39, 0.29) is 0 Å². The first-order chi connectivity index (χ1) is 8.34. The van der Waals surface area contributed by atoms with Crippen molar-refractivity contribution in [3.8, 4) is 11.3 Å². The molecule has 1 heterocycles. The molecule has 0 atom stereocenters. The van der Waals surface area contributed by atoms with Crippen LogP contribution >= 0.6 is 15.9 Å². The highest BCUT2D eigenvalue weighted by atomic mass is 79.9. The average Bonchev–Trinajstić information content (AvgIpc) is 2.39. The van der Waals surface area contributed by atoms with Gasteiger partial charge in [-0.05, 0) is 12.1 Å². The highest BCUT2D eigenvalue weighted by molar-refractivity contribution is 9.10. The molecule has 3 heteroatoms. The zero-order valence-electron chi connectivity index (χ0n) is 8.97. The van der Waals surface area contributed by atoms with Gasteiger partial charge in [0.1, 0.15) is 5.69 Å². The fraction of sp³-hybridized carbons (Fsp3) is 0. The lowest BCUT2D eigenvalue weighted by atomic mass is 10.1. The zero-order chi connectivity index (χ0) is 11.7. The van der Waals surface area contributed by atoms with Crippen molar-refractivity contribution in [3.05, 3.63) is 59.2 Å². The van der Waals surface area contributed by atoms with Crippen molar-refractivity contribution in [2.75, 3.05) is 0 Å². The van der Waals surface area contributed by atoms with Gasteiger partial charge < -0.3 is 0 Å². The molecule has 3 rings (SSSR count). The second-order valence-corrected chi connectivity index (χ2v) is 4.70. The molecule has 2 nitrogen and oxygen atoms in total. The summed E-state index contributed by atoms with van der Waals surface area (Å²) in [6.45, 7) is 0. The van der Waals surface area contributed by atoms with E-state index in [1.54, 1.807) is 6.20 Å². The van der Waals surface area contributed by atoms with Crippen molar-refractivity contribution < 1.29 is 0 Å². The number of benzene rings is 2. The van der Waals surface area contributed by atoms with Crippen LogP contribution in [0.15, 0.2) is 59.2 Å². The maximum Gasteiger partial charge on any atom is 0.101 e. The van der Waals surface area contributed by atoms with Gasteiger partial charge in [-0.2, -0.15) is 5.10 Å². The Labute approximate surface area is 107 Å². The lowest BCUT2D eigenvalue weighted by molar-refractivity contribution is 1.06. The Bertz CT molecular complexity index is 657. The van der Waals surface area contributed by atoms with Gasteiger partial charge in [0.15, 0.2) is 0 Å². The first-order valence-corrected chi connectivity index (χ1v) is 6.10. The molecule has 0 spiro atoms. The molecule has 0 fully saturated rings. The van der Waals surface area contributed by atoms with E-state index in [1.165, 1.54) is 0 Å². The van der Waals surface area contributed by atoms with E-state index in [4.69, 9.17) is 0 Å². The molecule has 0 saturated carbocycles. The molecule has 0 saturated heterocycles. The van der Waals surface area contributed by atoms with E-state index in [2.05, 4.69) is 32.2 Å². The van der Waals surface area contributed by atoms with Crippen LogP contribution in [0.4, 0.5) is 0 Å². The molecule has 2 aromatic carbocycles. The van der Waals surface area contributed by atoms with Gasteiger partial charge in [-0.25, -0.2) is 0 Å². The van der Waals surface area contributed by atoms with E-state index in [0.717, 1.165) is 26.5 Å². The lowest BCUT2D eigenvalue weighted by Crippen LogP contribution is -1.89. The fourth-order valence-corrected chi connectivity index (χ4v) is 2.11. The summed E-state index contributed by atoms with van der Waals surface area (Å²) in [5.74, 6) is 0. The van der Waals surface area contributed by atoms with Crippen LogP contribution in [0.3, 0.4) is 0 Å². The van der Waals surface area contributed by atoms with E-state index < -0.39 is 0 Å². The molecule has 82 valence electrons. The van der Waals surface area contributed by atoms with E-state index >= 15 is 0 Å². The topological polar surface area (TPSA) is 25.8 Å². The number of hydrogen-bond donors (Lipinski definition) is 0. The third-order valence-electron chi connectivity index (χ3n) is 2.69. The van der Waals surface area contributed by atoms with E-state index in [0.29, 0.717) is 0 Å². The number of halogens is 1. The first-order valence-electron chi connectivity index (χ1n) is 5.31. The number of nitrogens with zero attached hydrogens (tertiary/aromatic N) is 2. The minimum atomic E-state index is 0.926. The summed E-state index contributed by atoms with van der Waals surface area (Å²) < 4.78 is 1.06. The minimum absolute atomic E-state index is 0.926. The second kappa shape index (κ2) is 4.26. The van der Waals surface area contributed by atoms with Gasteiger partial charge >= 0.3 is 0 Å². The largest absolute Gasteiger partial charge is 0.158 e. The summed E-state index contributed by atoms with van der Waals surface area (Å²) in [6.07, 6.45) is 1.79. The normalized spacial score (nSPS) is 10.6. The number of hydrogen-bond acceptors (Lipinski definition) is 2. The highest BCUT2D eigenvalue weighted by Crippen LogP contribution is 2.26. The summed E-state index contributed by atoms with van der Waals surface area (Å²) in [5.41, 5.74) is 2.01. The van der Waals surface area contributed by atoms with Crippen molar-refractivity contribution >= 4 is 26.7 Å². The Kier molecular flexibility index (Phi) is 2.61. The molecule has 0 aliphatic heterocycles. The summed E-state index contributed by atoms with van der Waals surface area (Å²) in [6, 6.07) is 16.3. The summed E-state index contributed by atoms with van der Waals surface area (Å²) in [4.78, 5) is 0. The molecule has 3 aromatic rings. The third kappa shape index (κ3) is 1.94. The van der Waals surface area contributed by atoms with Crippen molar-refractivity contribution in [2.45, 2.75) is 0 Å². The summed E-state index contributed by atoms with van der Waals surface area (Å²) in [7, 11) is 0. The monoisotopic (exact) mass is 284 g/mol. The number of rotatable bonds is 1. The highest BCUT2D eigenvalue weighted by Gasteiger charge is 2.05. The molecule has 0 unspecified atom stereocenters. The zero-order valence-corrected chi connectivity index (χ0v) is 10.6. The molecule has 0 radical (unpaired) electrons. The molecule has 1 aromatic heterocycles. The molecule has 0 bridgehead atoms. The molecular weight excluding hydrogens is 276 g/mol. The number of aromatic nitrogens is 2. The van der Waals surface area contributed by atoms with Crippen LogP contribution in [0, 0.1) is 0 Å². The Balaban J connectivity index is 2.27. The second-order valence-electron chi connectivity index (χ2n) is 3.79. The van der Waals surface area contributed by atoms with Gasteiger partial charge in [0.25, 0.3) is 0 Å². The standard InChI is InChI=1S/C14H9BrN2/c15-12-7-5-10(6-8-12)14-13-4-2-1-3-11(13)9-16-17-14/h1-9H. The van der Waals surface area contributed by atoms with Gasteiger partial charge in [-0.15, -0.1) is 5.10 Å². The van der Waals surface area contributed by atoms with Crippen LogP contribution in [-0.2, 0) is 0 Å². The van der Waals surface area contributed by atoms with Gasteiger partial charge in [0, 0.05) is 20.8 Å². The fourth-order valence-electron chi connectivity index (χ4n) is 1.85.